The van der Waals surface area contributed by atoms with Gasteiger partial charge >= 0.3 is 11.9 Å². The lowest BCUT2D eigenvalue weighted by Crippen LogP contribution is -2.26. The average molecular weight is 200 g/mol. The maximum Gasteiger partial charge on any atom is 0.347 e. The quantitative estimate of drug-likeness (QED) is 0.509. The van der Waals surface area contributed by atoms with Crippen molar-refractivity contribution in [3.63, 3.8) is 0 Å². The first-order valence-electron chi connectivity index (χ1n) is 4.53. The molecule has 0 bridgehead atoms. The van der Waals surface area contributed by atoms with E-state index in [1.54, 1.807) is 26.8 Å². The summed E-state index contributed by atoms with van der Waals surface area (Å²) in [5.41, 5.74) is 0.473. The fraction of sp³-hybridized carbons (Fsp3) is 0.600. The van der Waals surface area contributed by atoms with Gasteiger partial charge in [0, 0.05) is 5.57 Å². The normalized spacial score (nSPS) is 13.3. The van der Waals surface area contributed by atoms with Crippen LogP contribution in [0.15, 0.2) is 11.6 Å². The molecule has 0 saturated heterocycles. The van der Waals surface area contributed by atoms with E-state index in [0.29, 0.717) is 5.57 Å². The van der Waals surface area contributed by atoms with E-state index >= 15 is 0 Å². The fourth-order valence-electron chi connectivity index (χ4n) is 0.679. The van der Waals surface area contributed by atoms with Crippen LogP contribution < -0.4 is 0 Å². The van der Waals surface area contributed by atoms with Crippen molar-refractivity contribution in [1.82, 2.24) is 0 Å². The lowest BCUT2D eigenvalue weighted by Gasteiger charge is -2.11. The predicted molar refractivity (Wildman–Crippen MR) is 51.6 cm³/mol. The van der Waals surface area contributed by atoms with Crippen LogP contribution in [0.2, 0.25) is 0 Å². The Bertz CT molecular complexity index is 243. The molecule has 1 atom stereocenters. The summed E-state index contributed by atoms with van der Waals surface area (Å²) in [6, 6.07) is 0. The van der Waals surface area contributed by atoms with Crippen LogP contribution in [0.25, 0.3) is 0 Å². The molecule has 0 fully saturated rings. The van der Waals surface area contributed by atoms with Crippen LogP contribution in [0.1, 0.15) is 27.7 Å². The maximum atomic E-state index is 11.2. The van der Waals surface area contributed by atoms with Gasteiger partial charge in [-0.2, -0.15) is 0 Å². The van der Waals surface area contributed by atoms with Gasteiger partial charge in [-0.15, -0.1) is 0 Å². The Hall–Kier alpha value is -1.32. The maximum absolute atomic E-state index is 11.2. The van der Waals surface area contributed by atoms with E-state index in [1.165, 1.54) is 6.92 Å². The second-order valence-electron chi connectivity index (χ2n) is 2.77. The summed E-state index contributed by atoms with van der Waals surface area (Å²) in [5.74, 6) is -1.02. The first-order chi connectivity index (χ1) is 6.52. The molecule has 0 aromatic rings. The molecule has 14 heavy (non-hydrogen) atoms. The van der Waals surface area contributed by atoms with Gasteiger partial charge in [0.1, 0.15) is 0 Å². The Morgan fingerprint density at radius 3 is 2.43 bits per heavy atom. The molecule has 0 N–H and O–H groups in total. The van der Waals surface area contributed by atoms with Crippen LogP contribution in [-0.2, 0) is 19.1 Å². The van der Waals surface area contributed by atoms with Gasteiger partial charge < -0.3 is 9.47 Å². The van der Waals surface area contributed by atoms with Gasteiger partial charge in [-0.3, -0.25) is 0 Å². The molecule has 80 valence electrons. The Kier molecular flexibility index (Phi) is 5.60. The van der Waals surface area contributed by atoms with E-state index in [9.17, 15) is 9.59 Å². The van der Waals surface area contributed by atoms with E-state index in [4.69, 9.17) is 4.74 Å². The van der Waals surface area contributed by atoms with Gasteiger partial charge in [-0.1, -0.05) is 6.08 Å². The van der Waals surface area contributed by atoms with Crippen molar-refractivity contribution in [2.75, 3.05) is 6.61 Å². The SMILES string of the molecule is C/C=C(\C)C(=O)O[C@H](C)C(=O)OCC. The number of allylic oxidation sites excluding steroid dienone is 1. The van der Waals surface area contributed by atoms with Gasteiger partial charge in [0.25, 0.3) is 0 Å². The van der Waals surface area contributed by atoms with Crippen LogP contribution in [-0.4, -0.2) is 24.6 Å². The first kappa shape index (κ1) is 12.7. The van der Waals surface area contributed by atoms with Crippen LogP contribution in [0.3, 0.4) is 0 Å². The Morgan fingerprint density at radius 2 is 2.00 bits per heavy atom. The minimum Gasteiger partial charge on any atom is -0.463 e. The summed E-state index contributed by atoms with van der Waals surface area (Å²) >= 11 is 0. The van der Waals surface area contributed by atoms with Crippen LogP contribution in [0, 0.1) is 0 Å². The first-order valence-corrected chi connectivity index (χ1v) is 4.53. The zero-order valence-corrected chi connectivity index (χ0v) is 8.99. The molecular formula is C10H16O4. The van der Waals surface area contributed by atoms with Crippen LogP contribution in [0.4, 0.5) is 0 Å². The predicted octanol–water partition coefficient (Wildman–Crippen LogP) is 1.45. The van der Waals surface area contributed by atoms with Crippen molar-refractivity contribution in [3.8, 4) is 0 Å². The average Bonchev–Trinajstić information content (AvgIpc) is 2.16. The Morgan fingerprint density at radius 1 is 1.43 bits per heavy atom. The number of rotatable bonds is 4. The summed E-state index contributed by atoms with van der Waals surface area (Å²) in [4.78, 5) is 22.3. The second-order valence-corrected chi connectivity index (χ2v) is 2.77. The molecule has 0 aliphatic carbocycles. The van der Waals surface area contributed by atoms with Crippen molar-refractivity contribution in [1.29, 1.82) is 0 Å². The van der Waals surface area contributed by atoms with Crippen molar-refractivity contribution < 1.29 is 19.1 Å². The molecule has 4 nitrogen and oxygen atoms in total. The highest BCUT2D eigenvalue weighted by Gasteiger charge is 2.18. The smallest absolute Gasteiger partial charge is 0.347 e. The molecule has 0 radical (unpaired) electrons. The Balaban J connectivity index is 4.12. The lowest BCUT2D eigenvalue weighted by molar-refractivity contribution is -0.163. The molecule has 0 rings (SSSR count). The van der Waals surface area contributed by atoms with Crippen molar-refractivity contribution >= 4 is 11.9 Å². The highest BCUT2D eigenvalue weighted by molar-refractivity contribution is 5.89. The molecule has 0 heterocycles. The molecular weight excluding hydrogens is 184 g/mol. The number of hydrogen-bond acceptors (Lipinski definition) is 4. The van der Waals surface area contributed by atoms with Gasteiger partial charge in [0.2, 0.25) is 0 Å². The number of carbonyl (C=O) groups excluding carboxylic acids is 2. The molecule has 0 saturated carbocycles. The number of ether oxygens (including phenoxy) is 2. The zero-order chi connectivity index (χ0) is 11.1. The highest BCUT2D eigenvalue weighted by atomic mass is 16.6. The molecule has 0 unspecified atom stereocenters. The highest BCUT2D eigenvalue weighted by Crippen LogP contribution is 2.01. The largest absolute Gasteiger partial charge is 0.463 e. The van der Waals surface area contributed by atoms with Gasteiger partial charge in [-0.05, 0) is 27.7 Å². The van der Waals surface area contributed by atoms with E-state index in [2.05, 4.69) is 4.74 Å². The lowest BCUT2D eigenvalue weighted by atomic mass is 10.3. The third-order valence-electron chi connectivity index (χ3n) is 1.66. The molecule has 4 heteroatoms. The fourth-order valence-corrected chi connectivity index (χ4v) is 0.679. The summed E-state index contributed by atoms with van der Waals surface area (Å²) in [6.45, 7) is 6.82. The number of esters is 2. The van der Waals surface area contributed by atoms with Gasteiger partial charge in [-0.25, -0.2) is 9.59 Å². The monoisotopic (exact) mass is 200 g/mol. The number of carbonyl (C=O) groups is 2. The summed E-state index contributed by atoms with van der Waals surface area (Å²) in [5, 5.41) is 0. The van der Waals surface area contributed by atoms with Crippen LogP contribution >= 0.6 is 0 Å². The van der Waals surface area contributed by atoms with Crippen molar-refractivity contribution in [2.24, 2.45) is 0 Å². The standard InChI is InChI=1S/C10H16O4/c1-5-7(3)9(11)14-8(4)10(12)13-6-2/h5,8H,6H2,1-4H3/b7-5+/t8-/m1/s1. The Labute approximate surface area is 83.9 Å². The third-order valence-corrected chi connectivity index (χ3v) is 1.66. The zero-order valence-electron chi connectivity index (χ0n) is 8.99. The molecule has 0 aliphatic rings. The molecule has 0 spiro atoms. The van der Waals surface area contributed by atoms with E-state index in [1.807, 2.05) is 0 Å². The molecule has 0 amide bonds. The third kappa shape index (κ3) is 4.07. The summed E-state index contributed by atoms with van der Waals surface area (Å²) in [7, 11) is 0. The van der Waals surface area contributed by atoms with Crippen molar-refractivity contribution in [3.05, 3.63) is 11.6 Å². The van der Waals surface area contributed by atoms with Gasteiger partial charge in [0.15, 0.2) is 6.10 Å². The summed E-state index contributed by atoms with van der Waals surface area (Å²) < 4.78 is 9.52. The molecule has 0 aliphatic heterocycles. The minimum atomic E-state index is -0.850. The summed E-state index contributed by atoms with van der Waals surface area (Å²) in [6.07, 6.45) is 0.776. The topological polar surface area (TPSA) is 52.6 Å². The second kappa shape index (κ2) is 6.18. The van der Waals surface area contributed by atoms with E-state index in [0.717, 1.165) is 0 Å². The van der Waals surface area contributed by atoms with Crippen LogP contribution in [0.5, 0.6) is 0 Å². The van der Waals surface area contributed by atoms with Gasteiger partial charge in [0.05, 0.1) is 6.61 Å². The molecule has 0 aromatic heterocycles. The van der Waals surface area contributed by atoms with Crippen molar-refractivity contribution in [2.45, 2.75) is 33.8 Å². The minimum absolute atomic E-state index is 0.281. The van der Waals surface area contributed by atoms with E-state index in [-0.39, 0.29) is 6.61 Å². The van der Waals surface area contributed by atoms with E-state index < -0.39 is 18.0 Å². The molecule has 0 aromatic carbocycles. The number of hydrogen-bond donors (Lipinski definition) is 0.